The maximum Gasteiger partial charge on any atom is 0.0113 e. The van der Waals surface area contributed by atoms with Crippen LogP contribution in [0.5, 0.6) is 0 Å². The van der Waals surface area contributed by atoms with Gasteiger partial charge in [-0.1, -0.05) is 6.92 Å². The Hall–Kier alpha value is -0.120. The smallest absolute Gasteiger partial charge is 0.0113 e. The molecule has 19 heavy (non-hydrogen) atoms. The van der Waals surface area contributed by atoms with Crippen LogP contribution in [0.15, 0.2) is 0 Å². The van der Waals surface area contributed by atoms with E-state index in [0.29, 0.717) is 0 Å². The summed E-state index contributed by atoms with van der Waals surface area (Å²) in [5.41, 5.74) is 0. The van der Waals surface area contributed by atoms with Crippen molar-refractivity contribution in [1.29, 1.82) is 0 Å². The van der Waals surface area contributed by atoms with Crippen LogP contribution in [-0.4, -0.2) is 72.6 Å². The summed E-state index contributed by atoms with van der Waals surface area (Å²) in [6, 6.07) is 1.52. The standard InChI is InChI=1S/C16H33N3/c1-5-15(4)19-12-16(13-19)6-7-17-8-10-18(11-9-17)14(2)3/h14-16H,5-13H2,1-4H3. The molecule has 0 aromatic carbocycles. The molecule has 2 heterocycles. The van der Waals surface area contributed by atoms with Gasteiger partial charge in [0.05, 0.1) is 0 Å². The molecule has 3 nitrogen and oxygen atoms in total. The van der Waals surface area contributed by atoms with Crippen molar-refractivity contribution in [2.75, 3.05) is 45.8 Å². The Labute approximate surface area is 119 Å². The molecule has 1 atom stereocenters. The lowest BCUT2D eigenvalue weighted by Gasteiger charge is -2.44. The van der Waals surface area contributed by atoms with Crippen LogP contribution in [0.25, 0.3) is 0 Å². The number of likely N-dealkylation sites (tertiary alicyclic amines) is 1. The fourth-order valence-electron chi connectivity index (χ4n) is 3.28. The van der Waals surface area contributed by atoms with Crippen molar-refractivity contribution in [3.8, 4) is 0 Å². The van der Waals surface area contributed by atoms with Crippen LogP contribution in [0.4, 0.5) is 0 Å². The minimum absolute atomic E-state index is 0.720. The van der Waals surface area contributed by atoms with Gasteiger partial charge in [-0.3, -0.25) is 4.90 Å². The van der Waals surface area contributed by atoms with Crippen molar-refractivity contribution < 1.29 is 0 Å². The minimum atomic E-state index is 0.720. The maximum atomic E-state index is 2.67. The Morgan fingerprint density at radius 1 is 0.947 bits per heavy atom. The minimum Gasteiger partial charge on any atom is -0.301 e. The fourth-order valence-corrected chi connectivity index (χ4v) is 3.28. The summed E-state index contributed by atoms with van der Waals surface area (Å²) in [4.78, 5) is 7.91. The van der Waals surface area contributed by atoms with E-state index < -0.39 is 0 Å². The molecule has 0 aromatic rings. The summed E-state index contributed by atoms with van der Waals surface area (Å²) in [5.74, 6) is 0.970. The highest BCUT2D eigenvalue weighted by molar-refractivity contribution is 4.84. The first kappa shape index (κ1) is 15.3. The number of rotatable bonds is 6. The fraction of sp³-hybridized carbons (Fsp3) is 1.00. The van der Waals surface area contributed by atoms with E-state index >= 15 is 0 Å². The van der Waals surface area contributed by atoms with E-state index in [1.807, 2.05) is 0 Å². The third-order valence-corrected chi connectivity index (χ3v) is 5.19. The van der Waals surface area contributed by atoms with Gasteiger partial charge in [-0.15, -0.1) is 0 Å². The van der Waals surface area contributed by atoms with Crippen molar-refractivity contribution in [3.05, 3.63) is 0 Å². The van der Waals surface area contributed by atoms with Crippen LogP contribution in [0.3, 0.4) is 0 Å². The Kier molecular flexibility index (Phi) is 5.67. The van der Waals surface area contributed by atoms with E-state index in [4.69, 9.17) is 0 Å². The summed E-state index contributed by atoms with van der Waals surface area (Å²) in [6.07, 6.45) is 2.71. The normalized spacial score (nSPS) is 25.7. The van der Waals surface area contributed by atoms with Crippen molar-refractivity contribution in [1.82, 2.24) is 14.7 Å². The van der Waals surface area contributed by atoms with Gasteiger partial charge in [0.25, 0.3) is 0 Å². The summed E-state index contributed by atoms with van der Waals surface area (Å²) in [7, 11) is 0. The topological polar surface area (TPSA) is 9.72 Å². The predicted molar refractivity (Wildman–Crippen MR) is 82.6 cm³/mol. The molecule has 0 bridgehead atoms. The summed E-state index contributed by atoms with van der Waals surface area (Å²) >= 11 is 0. The first-order chi connectivity index (χ1) is 9.10. The van der Waals surface area contributed by atoms with Crippen LogP contribution in [0, 0.1) is 5.92 Å². The van der Waals surface area contributed by atoms with E-state index in [0.717, 1.165) is 18.0 Å². The SMILES string of the molecule is CCC(C)N1CC(CCN2CCN(C(C)C)CC2)C1. The Balaban J connectivity index is 1.56. The zero-order valence-corrected chi connectivity index (χ0v) is 13.4. The van der Waals surface area contributed by atoms with Crippen molar-refractivity contribution in [3.63, 3.8) is 0 Å². The lowest BCUT2D eigenvalue weighted by atomic mass is 9.93. The van der Waals surface area contributed by atoms with Crippen LogP contribution in [0.1, 0.15) is 40.5 Å². The third kappa shape index (κ3) is 4.17. The molecule has 0 saturated carbocycles. The van der Waals surface area contributed by atoms with Crippen molar-refractivity contribution >= 4 is 0 Å². The summed E-state index contributed by atoms with van der Waals surface area (Å²) in [6.45, 7) is 18.4. The molecule has 0 amide bonds. The first-order valence-electron chi connectivity index (χ1n) is 8.30. The average Bonchev–Trinajstić information content (AvgIpc) is 2.37. The second-order valence-electron chi connectivity index (χ2n) is 6.84. The number of piperazine rings is 1. The molecule has 112 valence electrons. The molecule has 0 aromatic heterocycles. The zero-order chi connectivity index (χ0) is 13.8. The third-order valence-electron chi connectivity index (χ3n) is 5.19. The second-order valence-corrected chi connectivity index (χ2v) is 6.84. The highest BCUT2D eigenvalue weighted by atomic mass is 15.3. The summed E-state index contributed by atoms with van der Waals surface area (Å²) < 4.78 is 0. The van der Waals surface area contributed by atoms with Crippen LogP contribution >= 0.6 is 0 Å². The van der Waals surface area contributed by atoms with E-state index in [1.54, 1.807) is 0 Å². The van der Waals surface area contributed by atoms with Gasteiger partial charge in [-0.25, -0.2) is 0 Å². The van der Waals surface area contributed by atoms with Gasteiger partial charge >= 0.3 is 0 Å². The number of hydrogen-bond acceptors (Lipinski definition) is 3. The largest absolute Gasteiger partial charge is 0.301 e. The Morgan fingerprint density at radius 3 is 2.11 bits per heavy atom. The quantitative estimate of drug-likeness (QED) is 0.730. The van der Waals surface area contributed by atoms with Gasteiger partial charge in [-0.2, -0.15) is 0 Å². The van der Waals surface area contributed by atoms with Crippen LogP contribution in [-0.2, 0) is 0 Å². The van der Waals surface area contributed by atoms with Gasteiger partial charge in [0, 0.05) is 51.4 Å². The van der Waals surface area contributed by atoms with Crippen LogP contribution < -0.4 is 0 Å². The Morgan fingerprint density at radius 2 is 1.58 bits per heavy atom. The summed E-state index contributed by atoms with van der Waals surface area (Å²) in [5, 5.41) is 0. The molecule has 0 N–H and O–H groups in total. The lowest BCUT2D eigenvalue weighted by Crippen LogP contribution is -2.53. The van der Waals surface area contributed by atoms with E-state index in [1.165, 1.54) is 58.7 Å². The number of hydrogen-bond donors (Lipinski definition) is 0. The first-order valence-corrected chi connectivity index (χ1v) is 8.30. The molecule has 0 aliphatic carbocycles. The predicted octanol–water partition coefficient (Wildman–Crippen LogP) is 2.13. The molecule has 3 heteroatoms. The molecule has 0 radical (unpaired) electrons. The number of nitrogens with zero attached hydrogens (tertiary/aromatic N) is 3. The molecule has 2 aliphatic heterocycles. The lowest BCUT2D eigenvalue weighted by molar-refractivity contribution is 0.0401. The van der Waals surface area contributed by atoms with Gasteiger partial charge in [0.15, 0.2) is 0 Å². The van der Waals surface area contributed by atoms with Gasteiger partial charge in [-0.05, 0) is 46.1 Å². The zero-order valence-electron chi connectivity index (χ0n) is 13.4. The molecule has 0 spiro atoms. The maximum absolute atomic E-state index is 2.67. The average molecular weight is 267 g/mol. The van der Waals surface area contributed by atoms with Gasteiger partial charge in [0.1, 0.15) is 0 Å². The van der Waals surface area contributed by atoms with Gasteiger partial charge in [0.2, 0.25) is 0 Å². The second kappa shape index (κ2) is 7.05. The van der Waals surface area contributed by atoms with Crippen LogP contribution in [0.2, 0.25) is 0 Å². The Bertz CT molecular complexity index is 253. The van der Waals surface area contributed by atoms with Gasteiger partial charge < -0.3 is 9.80 Å². The van der Waals surface area contributed by atoms with Crippen molar-refractivity contribution in [2.45, 2.75) is 52.6 Å². The molecule has 2 fully saturated rings. The molecule has 2 aliphatic rings. The molecule has 1 unspecified atom stereocenters. The molecular weight excluding hydrogens is 234 g/mol. The van der Waals surface area contributed by atoms with E-state index in [9.17, 15) is 0 Å². The molecule has 2 saturated heterocycles. The highest BCUT2D eigenvalue weighted by Gasteiger charge is 2.29. The van der Waals surface area contributed by atoms with E-state index in [-0.39, 0.29) is 0 Å². The van der Waals surface area contributed by atoms with Crippen molar-refractivity contribution in [2.24, 2.45) is 5.92 Å². The highest BCUT2D eigenvalue weighted by Crippen LogP contribution is 2.23. The van der Waals surface area contributed by atoms with E-state index in [2.05, 4.69) is 42.4 Å². The monoisotopic (exact) mass is 267 g/mol. The molecular formula is C16H33N3. The molecule has 2 rings (SSSR count).